The molecule has 18 heavy (non-hydrogen) atoms. The van der Waals surface area contributed by atoms with E-state index in [2.05, 4.69) is 0 Å². The molecule has 0 bridgehead atoms. The quantitative estimate of drug-likeness (QED) is 0.519. The standard InChI is InChI=1S/C11H23N.C2H2O4/c12-10-6-2-5-9-11-7-3-1-4-8-11;3-1(4)2(5)6/h11H,1-10,12H2;(H,3,4)(H,5,6). The number of hydrogen-bond donors (Lipinski definition) is 3. The van der Waals surface area contributed by atoms with Gasteiger partial charge in [0.1, 0.15) is 0 Å². The molecule has 5 heteroatoms. The van der Waals surface area contributed by atoms with Crippen molar-refractivity contribution in [2.24, 2.45) is 11.7 Å². The molecule has 0 amide bonds. The molecule has 0 atom stereocenters. The van der Waals surface area contributed by atoms with Gasteiger partial charge in [0, 0.05) is 0 Å². The van der Waals surface area contributed by atoms with Gasteiger partial charge in [0.05, 0.1) is 0 Å². The van der Waals surface area contributed by atoms with Gasteiger partial charge in [-0.2, -0.15) is 0 Å². The van der Waals surface area contributed by atoms with Gasteiger partial charge in [0.15, 0.2) is 0 Å². The Labute approximate surface area is 108 Å². The molecule has 1 saturated carbocycles. The molecule has 0 aliphatic heterocycles. The smallest absolute Gasteiger partial charge is 0.414 e. The van der Waals surface area contributed by atoms with Crippen molar-refractivity contribution < 1.29 is 19.8 Å². The van der Waals surface area contributed by atoms with Crippen molar-refractivity contribution in [1.82, 2.24) is 0 Å². The number of nitrogens with two attached hydrogens (primary N) is 1. The lowest BCUT2D eigenvalue weighted by atomic mass is 9.86. The second kappa shape index (κ2) is 11.0. The second-order valence-corrected chi connectivity index (χ2v) is 4.75. The zero-order valence-electron chi connectivity index (χ0n) is 10.9. The van der Waals surface area contributed by atoms with Crippen molar-refractivity contribution >= 4 is 11.9 Å². The van der Waals surface area contributed by atoms with E-state index in [4.69, 9.17) is 25.5 Å². The molecule has 0 aromatic carbocycles. The summed E-state index contributed by atoms with van der Waals surface area (Å²) in [6.07, 6.45) is 12.9. The molecular weight excluding hydrogens is 234 g/mol. The molecule has 0 aromatic heterocycles. The van der Waals surface area contributed by atoms with Crippen molar-refractivity contribution in [3.05, 3.63) is 0 Å². The highest BCUT2D eigenvalue weighted by molar-refractivity contribution is 6.27. The third-order valence-electron chi connectivity index (χ3n) is 3.22. The fraction of sp³-hybridized carbons (Fsp3) is 0.846. The van der Waals surface area contributed by atoms with Crippen LogP contribution >= 0.6 is 0 Å². The Morgan fingerprint density at radius 1 is 0.944 bits per heavy atom. The minimum Gasteiger partial charge on any atom is -0.473 e. The first-order valence-corrected chi connectivity index (χ1v) is 6.74. The lowest BCUT2D eigenvalue weighted by molar-refractivity contribution is -0.159. The second-order valence-electron chi connectivity index (χ2n) is 4.75. The van der Waals surface area contributed by atoms with Crippen LogP contribution in [0.25, 0.3) is 0 Å². The van der Waals surface area contributed by atoms with Crippen LogP contribution in [0.2, 0.25) is 0 Å². The monoisotopic (exact) mass is 259 g/mol. The summed E-state index contributed by atoms with van der Waals surface area (Å²) in [5.74, 6) is -2.58. The molecule has 0 radical (unpaired) electrons. The van der Waals surface area contributed by atoms with E-state index in [1.165, 1.54) is 57.8 Å². The van der Waals surface area contributed by atoms with Crippen LogP contribution < -0.4 is 5.73 Å². The van der Waals surface area contributed by atoms with Crippen LogP contribution in [0.1, 0.15) is 57.8 Å². The topological polar surface area (TPSA) is 101 Å². The van der Waals surface area contributed by atoms with Crippen molar-refractivity contribution in [3.8, 4) is 0 Å². The Morgan fingerprint density at radius 2 is 1.50 bits per heavy atom. The van der Waals surface area contributed by atoms with Crippen LogP contribution in [0.4, 0.5) is 0 Å². The molecule has 0 unspecified atom stereocenters. The van der Waals surface area contributed by atoms with Crippen LogP contribution in [0.15, 0.2) is 0 Å². The van der Waals surface area contributed by atoms with Gasteiger partial charge in [0.2, 0.25) is 0 Å². The average Bonchev–Trinajstić information content (AvgIpc) is 2.36. The number of hydrogen-bond acceptors (Lipinski definition) is 3. The van der Waals surface area contributed by atoms with E-state index in [-0.39, 0.29) is 0 Å². The highest BCUT2D eigenvalue weighted by Gasteiger charge is 2.12. The van der Waals surface area contributed by atoms with Crippen LogP contribution in [-0.2, 0) is 9.59 Å². The van der Waals surface area contributed by atoms with Gasteiger partial charge in [0.25, 0.3) is 0 Å². The number of carboxylic acids is 2. The lowest BCUT2D eigenvalue weighted by Crippen LogP contribution is -2.09. The number of rotatable bonds is 5. The van der Waals surface area contributed by atoms with Crippen molar-refractivity contribution in [2.45, 2.75) is 57.8 Å². The third-order valence-corrected chi connectivity index (χ3v) is 3.22. The Morgan fingerprint density at radius 3 is 1.94 bits per heavy atom. The van der Waals surface area contributed by atoms with Crippen molar-refractivity contribution in [1.29, 1.82) is 0 Å². The van der Waals surface area contributed by atoms with Crippen LogP contribution in [0.3, 0.4) is 0 Å². The molecule has 1 fully saturated rings. The molecule has 0 saturated heterocycles. The maximum absolute atomic E-state index is 9.10. The molecule has 1 aliphatic rings. The predicted octanol–water partition coefficient (Wildman–Crippen LogP) is 2.24. The van der Waals surface area contributed by atoms with E-state index in [0.29, 0.717) is 0 Å². The van der Waals surface area contributed by atoms with Crippen molar-refractivity contribution in [3.63, 3.8) is 0 Å². The number of carbonyl (C=O) groups is 2. The molecule has 106 valence electrons. The van der Waals surface area contributed by atoms with E-state index in [1.54, 1.807) is 0 Å². The lowest BCUT2D eigenvalue weighted by Gasteiger charge is -2.21. The predicted molar refractivity (Wildman–Crippen MR) is 69.4 cm³/mol. The summed E-state index contributed by atoms with van der Waals surface area (Å²) in [6.45, 7) is 0.880. The van der Waals surface area contributed by atoms with Gasteiger partial charge in [-0.1, -0.05) is 51.4 Å². The Bertz CT molecular complexity index is 225. The van der Waals surface area contributed by atoms with Gasteiger partial charge in [-0.15, -0.1) is 0 Å². The third kappa shape index (κ3) is 10.1. The molecule has 1 rings (SSSR count). The van der Waals surface area contributed by atoms with Crippen LogP contribution in [-0.4, -0.2) is 28.7 Å². The highest BCUT2D eigenvalue weighted by atomic mass is 16.4. The van der Waals surface area contributed by atoms with E-state index in [1.807, 2.05) is 0 Å². The molecule has 0 spiro atoms. The Balaban J connectivity index is 0.000000411. The first kappa shape index (κ1) is 16.9. The first-order chi connectivity index (χ1) is 8.57. The van der Waals surface area contributed by atoms with Gasteiger partial charge in [-0.25, -0.2) is 9.59 Å². The summed E-state index contributed by atoms with van der Waals surface area (Å²) in [5.41, 5.74) is 5.45. The summed E-state index contributed by atoms with van der Waals surface area (Å²) >= 11 is 0. The molecule has 0 aromatic rings. The SMILES string of the molecule is NCCCCCC1CCCCC1.O=C(O)C(=O)O. The van der Waals surface area contributed by atoms with Gasteiger partial charge < -0.3 is 15.9 Å². The largest absolute Gasteiger partial charge is 0.473 e. The summed E-state index contributed by atoms with van der Waals surface area (Å²) in [7, 11) is 0. The number of unbranched alkanes of at least 4 members (excludes halogenated alkanes) is 2. The van der Waals surface area contributed by atoms with Crippen LogP contribution in [0, 0.1) is 5.92 Å². The Kier molecular flexibility index (Phi) is 10.3. The molecule has 4 N–H and O–H groups in total. The zero-order chi connectivity index (χ0) is 13.8. The van der Waals surface area contributed by atoms with E-state index in [9.17, 15) is 0 Å². The maximum atomic E-state index is 9.10. The minimum absolute atomic E-state index is 0.880. The fourth-order valence-corrected chi connectivity index (χ4v) is 2.23. The molecule has 5 nitrogen and oxygen atoms in total. The highest BCUT2D eigenvalue weighted by Crippen LogP contribution is 2.27. The zero-order valence-corrected chi connectivity index (χ0v) is 10.9. The molecule has 0 heterocycles. The van der Waals surface area contributed by atoms with Gasteiger partial charge in [-0.3, -0.25) is 0 Å². The first-order valence-electron chi connectivity index (χ1n) is 6.74. The summed E-state index contributed by atoms with van der Waals surface area (Å²) in [5, 5.41) is 14.8. The molecule has 1 aliphatic carbocycles. The van der Waals surface area contributed by atoms with E-state index in [0.717, 1.165) is 12.5 Å². The maximum Gasteiger partial charge on any atom is 0.414 e. The number of carboxylic acid groups (broad SMARTS) is 2. The normalized spacial score (nSPS) is 15.6. The van der Waals surface area contributed by atoms with E-state index >= 15 is 0 Å². The minimum atomic E-state index is -1.82. The van der Waals surface area contributed by atoms with Crippen LogP contribution in [0.5, 0.6) is 0 Å². The number of aliphatic carboxylic acids is 2. The summed E-state index contributed by atoms with van der Waals surface area (Å²) in [6, 6.07) is 0. The average molecular weight is 259 g/mol. The van der Waals surface area contributed by atoms with E-state index < -0.39 is 11.9 Å². The Hall–Kier alpha value is -1.10. The van der Waals surface area contributed by atoms with Gasteiger partial charge >= 0.3 is 11.9 Å². The van der Waals surface area contributed by atoms with Crippen molar-refractivity contribution in [2.75, 3.05) is 6.54 Å². The van der Waals surface area contributed by atoms with Gasteiger partial charge in [-0.05, 0) is 18.9 Å². The summed E-state index contributed by atoms with van der Waals surface area (Å²) < 4.78 is 0. The molecular formula is C13H25NO4. The summed E-state index contributed by atoms with van der Waals surface area (Å²) in [4.78, 5) is 18.2. The fourth-order valence-electron chi connectivity index (χ4n) is 2.23.